The molecule has 0 radical (unpaired) electrons. The second kappa shape index (κ2) is 5.87. The third-order valence-electron chi connectivity index (χ3n) is 2.82. The van der Waals surface area contributed by atoms with Crippen LogP contribution < -0.4 is 21.3 Å². The van der Waals surface area contributed by atoms with Crippen LogP contribution in [0.3, 0.4) is 0 Å². The lowest BCUT2D eigenvalue weighted by molar-refractivity contribution is -0.127. The molecule has 1 aliphatic heterocycles. The standard InChI is InChI=1S/C11H19N7O2/c1-6(2)20-11-15-9(14-10(16-11)17-12)13-7-4-5-18(3)8(7)19/h6-7H,4-5,12H2,1-3H3,(H2,13,14,15,16,17). The molecular weight excluding hydrogens is 262 g/mol. The summed E-state index contributed by atoms with van der Waals surface area (Å²) in [6.07, 6.45) is 0.627. The smallest absolute Gasteiger partial charge is 0.323 e. The minimum Gasteiger partial charge on any atom is -0.461 e. The summed E-state index contributed by atoms with van der Waals surface area (Å²) in [6, 6.07) is -0.177. The van der Waals surface area contributed by atoms with E-state index in [1.54, 1.807) is 11.9 Å². The highest BCUT2D eigenvalue weighted by Crippen LogP contribution is 2.16. The number of nitrogen functional groups attached to an aromatic ring is 1. The number of likely N-dealkylation sites (tertiary alicyclic amines) is 1. The Balaban J connectivity index is 2.16. The van der Waals surface area contributed by atoms with Gasteiger partial charge in [0.25, 0.3) is 0 Å². The van der Waals surface area contributed by atoms with E-state index in [9.17, 15) is 4.79 Å². The average molecular weight is 281 g/mol. The minimum atomic E-state index is -0.333. The van der Waals surface area contributed by atoms with Crippen molar-refractivity contribution in [3.8, 4) is 6.01 Å². The van der Waals surface area contributed by atoms with Crippen molar-refractivity contribution in [3.63, 3.8) is 0 Å². The third-order valence-corrected chi connectivity index (χ3v) is 2.82. The van der Waals surface area contributed by atoms with E-state index in [1.165, 1.54) is 0 Å². The minimum absolute atomic E-state index is 0.0130. The lowest BCUT2D eigenvalue weighted by Crippen LogP contribution is -2.31. The van der Waals surface area contributed by atoms with Crippen molar-refractivity contribution in [1.29, 1.82) is 0 Å². The number of hydrogen-bond acceptors (Lipinski definition) is 8. The number of likely N-dealkylation sites (N-methyl/N-ethyl adjacent to an activating group) is 1. The topological polar surface area (TPSA) is 118 Å². The Labute approximate surface area is 116 Å². The van der Waals surface area contributed by atoms with E-state index in [0.29, 0.717) is 13.0 Å². The SMILES string of the molecule is CC(C)Oc1nc(NN)nc(NC2CCN(C)C2=O)n1. The third kappa shape index (κ3) is 3.23. The van der Waals surface area contributed by atoms with Crippen LogP contribution in [-0.2, 0) is 4.79 Å². The van der Waals surface area contributed by atoms with Gasteiger partial charge in [0.15, 0.2) is 0 Å². The largest absolute Gasteiger partial charge is 0.461 e. The Morgan fingerprint density at radius 1 is 1.35 bits per heavy atom. The highest BCUT2D eigenvalue weighted by atomic mass is 16.5. The van der Waals surface area contributed by atoms with E-state index >= 15 is 0 Å². The number of nitrogens with two attached hydrogens (primary N) is 1. The van der Waals surface area contributed by atoms with Gasteiger partial charge in [0, 0.05) is 13.6 Å². The molecule has 1 atom stereocenters. The summed E-state index contributed by atoms with van der Waals surface area (Å²) < 4.78 is 5.42. The highest BCUT2D eigenvalue weighted by Gasteiger charge is 2.29. The van der Waals surface area contributed by atoms with Gasteiger partial charge < -0.3 is 15.0 Å². The van der Waals surface area contributed by atoms with Crippen LogP contribution in [0.15, 0.2) is 0 Å². The first kappa shape index (κ1) is 14.3. The molecule has 1 aromatic heterocycles. The van der Waals surface area contributed by atoms with Gasteiger partial charge in [-0.05, 0) is 20.3 Å². The number of nitrogens with zero attached hydrogens (tertiary/aromatic N) is 4. The Bertz CT molecular complexity index is 494. The maximum absolute atomic E-state index is 11.8. The van der Waals surface area contributed by atoms with E-state index in [0.717, 1.165) is 0 Å². The van der Waals surface area contributed by atoms with Gasteiger partial charge in [-0.1, -0.05) is 0 Å². The first-order valence-electron chi connectivity index (χ1n) is 6.40. The Morgan fingerprint density at radius 3 is 2.60 bits per heavy atom. The normalized spacial score (nSPS) is 18.6. The molecule has 1 amide bonds. The van der Waals surface area contributed by atoms with Crippen LogP contribution in [0.2, 0.25) is 0 Å². The van der Waals surface area contributed by atoms with Crippen molar-refractivity contribution in [2.45, 2.75) is 32.4 Å². The molecule has 9 heteroatoms. The highest BCUT2D eigenvalue weighted by molar-refractivity contribution is 5.86. The molecule has 1 aromatic rings. The van der Waals surface area contributed by atoms with Gasteiger partial charge in [0.05, 0.1) is 6.10 Å². The van der Waals surface area contributed by atoms with Gasteiger partial charge >= 0.3 is 6.01 Å². The predicted molar refractivity (Wildman–Crippen MR) is 73.1 cm³/mol. The van der Waals surface area contributed by atoms with Gasteiger partial charge in [0.2, 0.25) is 17.8 Å². The molecule has 2 heterocycles. The Morgan fingerprint density at radius 2 is 2.05 bits per heavy atom. The molecule has 0 aliphatic carbocycles. The molecule has 1 fully saturated rings. The van der Waals surface area contributed by atoms with Gasteiger partial charge in [-0.2, -0.15) is 15.0 Å². The second-order valence-corrected chi connectivity index (χ2v) is 4.82. The molecule has 4 N–H and O–H groups in total. The quantitative estimate of drug-likeness (QED) is 0.492. The van der Waals surface area contributed by atoms with E-state index in [-0.39, 0.29) is 36.0 Å². The fraction of sp³-hybridized carbons (Fsp3) is 0.636. The summed E-state index contributed by atoms with van der Waals surface area (Å²) in [5.41, 5.74) is 2.35. The van der Waals surface area contributed by atoms with Gasteiger partial charge in [0.1, 0.15) is 6.04 Å². The molecule has 1 aliphatic rings. The first-order valence-corrected chi connectivity index (χ1v) is 6.40. The summed E-state index contributed by atoms with van der Waals surface area (Å²) in [5, 5.41) is 2.98. The number of carbonyl (C=O) groups is 1. The van der Waals surface area contributed by atoms with Crippen LogP contribution in [0, 0.1) is 0 Å². The average Bonchev–Trinajstić information content (AvgIpc) is 2.69. The molecular formula is C11H19N7O2. The lowest BCUT2D eigenvalue weighted by Gasteiger charge is -2.14. The Kier molecular flexibility index (Phi) is 4.18. The number of ether oxygens (including phenoxy) is 1. The fourth-order valence-corrected chi connectivity index (χ4v) is 1.86. The number of amides is 1. The van der Waals surface area contributed by atoms with E-state index in [2.05, 4.69) is 25.7 Å². The van der Waals surface area contributed by atoms with Crippen molar-refractivity contribution in [1.82, 2.24) is 19.9 Å². The fourth-order valence-electron chi connectivity index (χ4n) is 1.86. The molecule has 1 unspecified atom stereocenters. The van der Waals surface area contributed by atoms with Crippen LogP contribution in [0.4, 0.5) is 11.9 Å². The van der Waals surface area contributed by atoms with E-state index in [4.69, 9.17) is 10.6 Å². The number of anilines is 2. The van der Waals surface area contributed by atoms with Gasteiger partial charge in [-0.15, -0.1) is 0 Å². The molecule has 9 nitrogen and oxygen atoms in total. The number of rotatable bonds is 5. The molecule has 2 rings (SSSR count). The summed E-state index contributed by atoms with van der Waals surface area (Å²) >= 11 is 0. The maximum Gasteiger partial charge on any atom is 0.323 e. The van der Waals surface area contributed by atoms with Crippen LogP contribution in [-0.4, -0.2) is 51.5 Å². The monoisotopic (exact) mass is 281 g/mol. The second-order valence-electron chi connectivity index (χ2n) is 4.82. The lowest BCUT2D eigenvalue weighted by atomic mass is 10.2. The van der Waals surface area contributed by atoms with Gasteiger partial charge in [-0.3, -0.25) is 10.2 Å². The summed E-state index contributed by atoms with van der Waals surface area (Å²) in [7, 11) is 1.76. The zero-order valence-corrected chi connectivity index (χ0v) is 11.8. The van der Waals surface area contributed by atoms with Crippen molar-refractivity contribution in [2.75, 3.05) is 24.3 Å². The van der Waals surface area contributed by atoms with Crippen LogP contribution in [0.25, 0.3) is 0 Å². The number of carbonyl (C=O) groups excluding carboxylic acids is 1. The van der Waals surface area contributed by atoms with E-state index < -0.39 is 0 Å². The van der Waals surface area contributed by atoms with Crippen molar-refractivity contribution >= 4 is 17.8 Å². The molecule has 1 saturated heterocycles. The first-order chi connectivity index (χ1) is 9.49. The molecule has 110 valence electrons. The summed E-state index contributed by atoms with van der Waals surface area (Å²) in [6.45, 7) is 4.43. The zero-order chi connectivity index (χ0) is 14.7. The Hall–Kier alpha value is -2.16. The van der Waals surface area contributed by atoms with Crippen LogP contribution >= 0.6 is 0 Å². The van der Waals surface area contributed by atoms with Crippen LogP contribution in [0.1, 0.15) is 20.3 Å². The number of hydrogen-bond donors (Lipinski definition) is 3. The summed E-state index contributed by atoms with van der Waals surface area (Å²) in [5.74, 6) is 5.77. The molecule has 0 aromatic carbocycles. The maximum atomic E-state index is 11.8. The predicted octanol–water partition coefficient (Wildman–Crippen LogP) is -0.413. The van der Waals surface area contributed by atoms with Gasteiger partial charge in [-0.25, -0.2) is 5.84 Å². The molecule has 20 heavy (non-hydrogen) atoms. The van der Waals surface area contributed by atoms with E-state index in [1.807, 2.05) is 13.8 Å². The molecule has 0 spiro atoms. The molecule has 0 saturated carbocycles. The van der Waals surface area contributed by atoms with Crippen molar-refractivity contribution < 1.29 is 9.53 Å². The van der Waals surface area contributed by atoms with Crippen LogP contribution in [0.5, 0.6) is 6.01 Å². The molecule has 0 bridgehead atoms. The number of nitrogens with one attached hydrogen (secondary N) is 2. The van der Waals surface area contributed by atoms with Crippen molar-refractivity contribution in [2.24, 2.45) is 5.84 Å². The zero-order valence-electron chi connectivity index (χ0n) is 11.8. The van der Waals surface area contributed by atoms with Crippen molar-refractivity contribution in [3.05, 3.63) is 0 Å². The number of aromatic nitrogens is 3. The number of hydrazine groups is 1. The summed E-state index contributed by atoms with van der Waals surface area (Å²) in [4.78, 5) is 25.7.